The normalized spacial score (nSPS) is 10.5. The van der Waals surface area contributed by atoms with Crippen LogP contribution in [-0.2, 0) is 9.59 Å². The van der Waals surface area contributed by atoms with E-state index in [0.717, 1.165) is 0 Å². The van der Waals surface area contributed by atoms with Crippen LogP contribution in [0.5, 0.6) is 0 Å². The highest BCUT2D eigenvalue weighted by molar-refractivity contribution is 5.86. The lowest BCUT2D eigenvalue weighted by molar-refractivity contribution is -0.133. The van der Waals surface area contributed by atoms with Gasteiger partial charge in [-0.05, 0) is 20.9 Å². The summed E-state index contributed by atoms with van der Waals surface area (Å²) in [6.07, 6.45) is 0. The third kappa shape index (κ3) is 6.68. The molecule has 0 fully saturated rings. The number of nitrogens with zero attached hydrogens (tertiary/aromatic N) is 1. The summed E-state index contributed by atoms with van der Waals surface area (Å²) < 4.78 is 0. The van der Waals surface area contributed by atoms with E-state index in [-0.39, 0.29) is 30.6 Å². The maximum absolute atomic E-state index is 11.3. The van der Waals surface area contributed by atoms with Gasteiger partial charge in [-0.1, -0.05) is 6.58 Å². The molecule has 0 aromatic carbocycles. The Balaban J connectivity index is 3.93. The first kappa shape index (κ1) is 13.6. The fourth-order valence-corrected chi connectivity index (χ4v) is 1.06. The molecule has 5 heteroatoms. The minimum absolute atomic E-state index is 0.0786. The Morgan fingerprint density at radius 1 is 1.40 bits per heavy atom. The molecule has 0 spiro atoms. The Bertz CT molecular complexity index is 261. The van der Waals surface area contributed by atoms with E-state index in [1.165, 1.54) is 0 Å². The van der Waals surface area contributed by atoms with Crippen LogP contribution in [0.1, 0.15) is 13.8 Å². The van der Waals surface area contributed by atoms with Gasteiger partial charge in [0.05, 0.1) is 6.54 Å². The van der Waals surface area contributed by atoms with Crippen LogP contribution in [0.25, 0.3) is 0 Å². The maximum Gasteiger partial charge on any atom is 0.332 e. The summed E-state index contributed by atoms with van der Waals surface area (Å²) in [5.41, 5.74) is 0.0786. The van der Waals surface area contributed by atoms with Crippen molar-refractivity contribution in [1.82, 2.24) is 10.2 Å². The molecule has 0 radical (unpaired) electrons. The number of likely N-dealkylation sites (N-methyl/N-ethyl adjacent to an activating group) is 1. The lowest BCUT2D eigenvalue weighted by Crippen LogP contribution is -2.39. The van der Waals surface area contributed by atoms with Crippen LogP contribution in [-0.4, -0.2) is 48.1 Å². The SMILES string of the molecule is C=C(CN(C)CC(=O)NC(C)C)C(=O)O. The predicted octanol–water partition coefficient (Wildman–Crippen LogP) is 0.0836. The van der Waals surface area contributed by atoms with Gasteiger partial charge in [0.2, 0.25) is 5.91 Å². The van der Waals surface area contributed by atoms with Crippen LogP contribution in [0.15, 0.2) is 12.2 Å². The first-order valence-electron chi connectivity index (χ1n) is 4.72. The molecule has 0 heterocycles. The van der Waals surface area contributed by atoms with Crippen molar-refractivity contribution in [3.8, 4) is 0 Å². The third-order valence-electron chi connectivity index (χ3n) is 1.63. The molecule has 2 N–H and O–H groups in total. The van der Waals surface area contributed by atoms with Crippen LogP contribution in [0.4, 0.5) is 0 Å². The van der Waals surface area contributed by atoms with E-state index in [4.69, 9.17) is 5.11 Å². The second-order valence-electron chi connectivity index (χ2n) is 3.80. The molecule has 0 atom stereocenters. The largest absolute Gasteiger partial charge is 0.478 e. The fraction of sp³-hybridized carbons (Fsp3) is 0.600. The zero-order chi connectivity index (χ0) is 12.0. The summed E-state index contributed by atoms with van der Waals surface area (Å²) >= 11 is 0. The molecule has 5 nitrogen and oxygen atoms in total. The molecule has 0 bridgehead atoms. The number of carbonyl (C=O) groups is 2. The number of amides is 1. The van der Waals surface area contributed by atoms with Gasteiger partial charge in [0.1, 0.15) is 0 Å². The van der Waals surface area contributed by atoms with Gasteiger partial charge in [-0.25, -0.2) is 4.79 Å². The van der Waals surface area contributed by atoms with Crippen LogP contribution in [0.2, 0.25) is 0 Å². The molecule has 0 saturated carbocycles. The van der Waals surface area contributed by atoms with Gasteiger partial charge >= 0.3 is 5.97 Å². The maximum atomic E-state index is 11.3. The van der Waals surface area contributed by atoms with Crippen molar-refractivity contribution in [1.29, 1.82) is 0 Å². The van der Waals surface area contributed by atoms with Gasteiger partial charge in [0.25, 0.3) is 0 Å². The van der Waals surface area contributed by atoms with E-state index in [1.54, 1.807) is 11.9 Å². The van der Waals surface area contributed by atoms with Gasteiger partial charge in [-0.15, -0.1) is 0 Å². The molecule has 15 heavy (non-hydrogen) atoms. The summed E-state index contributed by atoms with van der Waals surface area (Å²) in [5.74, 6) is -1.16. The molecule has 0 aromatic rings. The fourth-order valence-electron chi connectivity index (χ4n) is 1.06. The van der Waals surface area contributed by atoms with Gasteiger partial charge in [0, 0.05) is 18.2 Å². The number of carboxylic acid groups (broad SMARTS) is 1. The van der Waals surface area contributed by atoms with Crippen LogP contribution in [0, 0.1) is 0 Å². The van der Waals surface area contributed by atoms with E-state index < -0.39 is 5.97 Å². The van der Waals surface area contributed by atoms with Crippen LogP contribution >= 0.6 is 0 Å². The summed E-state index contributed by atoms with van der Waals surface area (Å²) in [6, 6.07) is 0.0913. The smallest absolute Gasteiger partial charge is 0.332 e. The van der Waals surface area contributed by atoms with Crippen molar-refractivity contribution < 1.29 is 14.7 Å². The van der Waals surface area contributed by atoms with E-state index in [9.17, 15) is 9.59 Å². The topological polar surface area (TPSA) is 69.6 Å². The summed E-state index contributed by atoms with van der Waals surface area (Å²) in [6.45, 7) is 7.48. The Kier molecular flexibility index (Phi) is 5.62. The number of carbonyl (C=O) groups excluding carboxylic acids is 1. The van der Waals surface area contributed by atoms with Crippen molar-refractivity contribution in [3.63, 3.8) is 0 Å². The van der Waals surface area contributed by atoms with Crippen LogP contribution in [0.3, 0.4) is 0 Å². The van der Waals surface area contributed by atoms with Crippen LogP contribution < -0.4 is 5.32 Å². The summed E-state index contributed by atoms with van der Waals surface area (Å²) in [4.78, 5) is 23.4. The molecule has 0 rings (SSSR count). The summed E-state index contributed by atoms with van der Waals surface area (Å²) in [7, 11) is 1.67. The molecule has 0 aliphatic carbocycles. The van der Waals surface area contributed by atoms with Crippen molar-refractivity contribution in [2.24, 2.45) is 0 Å². The number of aliphatic carboxylic acids is 1. The molecule has 0 aliphatic rings. The number of hydrogen-bond donors (Lipinski definition) is 2. The van der Waals surface area contributed by atoms with E-state index in [1.807, 2.05) is 13.8 Å². The highest BCUT2D eigenvalue weighted by Crippen LogP contribution is 1.94. The minimum Gasteiger partial charge on any atom is -0.478 e. The van der Waals surface area contributed by atoms with Gasteiger partial charge in [-0.3, -0.25) is 9.69 Å². The van der Waals surface area contributed by atoms with Gasteiger partial charge in [0.15, 0.2) is 0 Å². The number of nitrogens with one attached hydrogen (secondary N) is 1. The molecule has 0 saturated heterocycles. The van der Waals surface area contributed by atoms with Gasteiger partial charge in [-0.2, -0.15) is 0 Å². The predicted molar refractivity (Wildman–Crippen MR) is 57.6 cm³/mol. The molecular weight excluding hydrogens is 196 g/mol. The molecule has 0 aromatic heterocycles. The Hall–Kier alpha value is -1.36. The molecule has 86 valence electrons. The first-order chi connectivity index (χ1) is 6.82. The quantitative estimate of drug-likeness (QED) is 0.614. The average molecular weight is 214 g/mol. The zero-order valence-electron chi connectivity index (χ0n) is 9.41. The summed E-state index contributed by atoms with van der Waals surface area (Å²) in [5, 5.41) is 11.3. The number of hydrogen-bond acceptors (Lipinski definition) is 3. The lowest BCUT2D eigenvalue weighted by Gasteiger charge is -2.17. The monoisotopic (exact) mass is 214 g/mol. The van der Waals surface area contributed by atoms with Crippen molar-refractivity contribution in [2.45, 2.75) is 19.9 Å². The Morgan fingerprint density at radius 3 is 2.33 bits per heavy atom. The van der Waals surface area contributed by atoms with E-state index in [2.05, 4.69) is 11.9 Å². The van der Waals surface area contributed by atoms with Gasteiger partial charge < -0.3 is 10.4 Å². The lowest BCUT2D eigenvalue weighted by atomic mass is 10.3. The highest BCUT2D eigenvalue weighted by Gasteiger charge is 2.11. The molecule has 1 amide bonds. The van der Waals surface area contributed by atoms with E-state index >= 15 is 0 Å². The van der Waals surface area contributed by atoms with Crippen molar-refractivity contribution in [3.05, 3.63) is 12.2 Å². The highest BCUT2D eigenvalue weighted by atomic mass is 16.4. The zero-order valence-corrected chi connectivity index (χ0v) is 9.41. The standard InChI is InChI=1S/C10H18N2O3/c1-7(2)11-9(13)6-12(4)5-8(3)10(14)15/h7H,3,5-6H2,1-2,4H3,(H,11,13)(H,14,15). The average Bonchev–Trinajstić information content (AvgIpc) is 2.00. The minimum atomic E-state index is -1.04. The number of rotatable bonds is 6. The number of carboxylic acids is 1. The first-order valence-corrected chi connectivity index (χ1v) is 4.72. The molecule has 0 unspecified atom stereocenters. The Labute approximate surface area is 89.8 Å². The van der Waals surface area contributed by atoms with Crippen molar-refractivity contribution in [2.75, 3.05) is 20.1 Å². The molecule has 0 aliphatic heterocycles. The van der Waals surface area contributed by atoms with E-state index in [0.29, 0.717) is 0 Å². The van der Waals surface area contributed by atoms with Crippen molar-refractivity contribution >= 4 is 11.9 Å². The third-order valence-corrected chi connectivity index (χ3v) is 1.63. The Morgan fingerprint density at radius 2 is 1.93 bits per heavy atom. The molecular formula is C10H18N2O3. The second kappa shape index (κ2) is 6.19. The second-order valence-corrected chi connectivity index (χ2v) is 3.80.